The van der Waals surface area contributed by atoms with Crippen LogP contribution < -0.4 is 4.74 Å². The highest BCUT2D eigenvalue weighted by molar-refractivity contribution is 6.42. The van der Waals surface area contributed by atoms with Crippen molar-refractivity contribution in [3.63, 3.8) is 0 Å². The number of halogens is 2. The lowest BCUT2D eigenvalue weighted by Gasteiger charge is -2.40. The first-order valence-corrected chi connectivity index (χ1v) is 14.0. The third-order valence-corrected chi connectivity index (χ3v) is 9.19. The van der Waals surface area contributed by atoms with Gasteiger partial charge < -0.3 is 14.7 Å². The van der Waals surface area contributed by atoms with Crippen LogP contribution in [0.2, 0.25) is 10.0 Å². The van der Waals surface area contributed by atoms with Crippen molar-refractivity contribution < 1.29 is 14.6 Å². The second kappa shape index (κ2) is 12.3. The van der Waals surface area contributed by atoms with Gasteiger partial charge in [0.05, 0.1) is 10.0 Å². The molecule has 2 aliphatic heterocycles. The van der Waals surface area contributed by atoms with E-state index in [-0.39, 0.29) is 12.1 Å². The third-order valence-electron chi connectivity index (χ3n) is 8.29. The molecule has 0 spiro atoms. The Morgan fingerprint density at radius 3 is 2.32 bits per heavy atom. The minimum absolute atomic E-state index is 0.213. The second-order valence-corrected chi connectivity index (χ2v) is 11.5. The van der Waals surface area contributed by atoms with Gasteiger partial charge in [-0.2, -0.15) is 0 Å². The molecule has 1 N–H and O–H groups in total. The summed E-state index contributed by atoms with van der Waals surface area (Å²) < 4.78 is 6.25. The number of benzene rings is 1. The molecule has 4 rings (SSSR count). The van der Waals surface area contributed by atoms with Crippen molar-refractivity contribution in [2.45, 2.75) is 83.3 Å². The fourth-order valence-electron chi connectivity index (χ4n) is 6.11. The predicted molar refractivity (Wildman–Crippen MR) is 138 cm³/mol. The molecule has 0 radical (unpaired) electrons. The molecular formula is C27H40Cl2N2O3. The molecule has 1 atom stereocenters. The number of carbonyl (C=O) groups is 1. The number of rotatable bonds is 8. The number of carboxylic acid groups (broad SMARTS) is 1. The fourth-order valence-corrected chi connectivity index (χ4v) is 6.47. The van der Waals surface area contributed by atoms with Crippen LogP contribution in [-0.4, -0.2) is 65.7 Å². The number of carboxylic acids is 1. The van der Waals surface area contributed by atoms with Crippen LogP contribution in [0.3, 0.4) is 0 Å². The molecule has 34 heavy (non-hydrogen) atoms. The lowest BCUT2D eigenvalue weighted by atomic mass is 9.84. The van der Waals surface area contributed by atoms with E-state index < -0.39 is 5.97 Å². The number of piperidine rings is 2. The van der Waals surface area contributed by atoms with E-state index in [1.54, 1.807) is 6.07 Å². The number of likely N-dealkylation sites (tertiary alicyclic amines) is 2. The van der Waals surface area contributed by atoms with Gasteiger partial charge in [-0.15, -0.1) is 0 Å². The third kappa shape index (κ3) is 6.81. The predicted octanol–water partition coefficient (Wildman–Crippen LogP) is 6.28. The lowest BCUT2D eigenvalue weighted by molar-refractivity contribution is -0.144. The number of ether oxygens (including phenoxy) is 1. The normalized spacial score (nSPS) is 23.1. The van der Waals surface area contributed by atoms with Crippen molar-refractivity contribution in [1.29, 1.82) is 0 Å². The zero-order valence-corrected chi connectivity index (χ0v) is 22.0. The van der Waals surface area contributed by atoms with Gasteiger partial charge in [-0.1, -0.05) is 55.3 Å². The van der Waals surface area contributed by atoms with Gasteiger partial charge in [-0.3, -0.25) is 9.69 Å². The van der Waals surface area contributed by atoms with Crippen LogP contribution in [0.25, 0.3) is 0 Å². The monoisotopic (exact) mass is 510 g/mol. The maximum absolute atomic E-state index is 12.0. The van der Waals surface area contributed by atoms with Crippen molar-refractivity contribution in [2.24, 2.45) is 11.8 Å². The van der Waals surface area contributed by atoms with E-state index in [4.69, 9.17) is 27.9 Å². The molecule has 0 bridgehead atoms. The topological polar surface area (TPSA) is 53.0 Å². The molecule has 3 fully saturated rings. The molecule has 5 nitrogen and oxygen atoms in total. The molecule has 7 heteroatoms. The SMILES string of the molecule is Cc1c(OC2CCN(CC3CCN([C@@H](CC4CCCCC4)C(=O)O)CC3)CC2)ccc(Cl)c1Cl. The Kier molecular flexibility index (Phi) is 9.42. The van der Waals surface area contributed by atoms with Crippen molar-refractivity contribution in [1.82, 2.24) is 9.80 Å². The lowest BCUT2D eigenvalue weighted by Crippen LogP contribution is -2.48. The Morgan fingerprint density at radius 1 is 1.00 bits per heavy atom. The van der Waals surface area contributed by atoms with Gasteiger partial charge in [-0.05, 0) is 76.1 Å². The number of hydrogen-bond acceptors (Lipinski definition) is 4. The van der Waals surface area contributed by atoms with Gasteiger partial charge in [0.1, 0.15) is 17.9 Å². The highest BCUT2D eigenvalue weighted by Gasteiger charge is 2.33. The first kappa shape index (κ1) is 26.1. The minimum atomic E-state index is -0.622. The molecule has 1 saturated carbocycles. The van der Waals surface area contributed by atoms with Crippen LogP contribution in [-0.2, 0) is 4.79 Å². The second-order valence-electron chi connectivity index (χ2n) is 10.7. The Hall–Kier alpha value is -1.01. The van der Waals surface area contributed by atoms with E-state index in [0.29, 0.717) is 21.9 Å². The van der Waals surface area contributed by atoms with E-state index in [1.165, 1.54) is 32.1 Å². The highest BCUT2D eigenvalue weighted by Crippen LogP contribution is 2.34. The summed E-state index contributed by atoms with van der Waals surface area (Å²) in [5.74, 6) is 1.48. The summed E-state index contributed by atoms with van der Waals surface area (Å²) >= 11 is 12.4. The maximum atomic E-state index is 12.0. The van der Waals surface area contributed by atoms with Crippen LogP contribution in [0.15, 0.2) is 12.1 Å². The van der Waals surface area contributed by atoms with E-state index in [0.717, 1.165) is 76.1 Å². The molecule has 1 aromatic rings. The van der Waals surface area contributed by atoms with E-state index in [2.05, 4.69) is 9.80 Å². The Labute approximate surface area is 214 Å². The van der Waals surface area contributed by atoms with Crippen LogP contribution >= 0.6 is 23.2 Å². The van der Waals surface area contributed by atoms with Crippen LogP contribution in [0.4, 0.5) is 0 Å². The average molecular weight is 512 g/mol. The fraction of sp³-hybridized carbons (Fsp3) is 0.741. The Balaban J connectivity index is 1.19. The zero-order valence-electron chi connectivity index (χ0n) is 20.5. The van der Waals surface area contributed by atoms with Crippen molar-refractivity contribution in [3.05, 3.63) is 27.7 Å². The standard InChI is InChI=1S/C27H40Cl2N2O3/c1-19-25(8-7-23(28)26(19)29)34-22-11-13-30(14-12-22)18-21-9-15-31(16-10-21)24(27(32)33)17-20-5-3-2-4-6-20/h7-8,20-22,24H,2-6,9-18H2,1H3,(H,32,33)/t24-/m0/s1. The smallest absolute Gasteiger partial charge is 0.320 e. The van der Waals surface area contributed by atoms with Crippen molar-refractivity contribution >= 4 is 29.2 Å². The summed E-state index contributed by atoms with van der Waals surface area (Å²) in [6.07, 6.45) is 11.6. The Morgan fingerprint density at radius 2 is 1.68 bits per heavy atom. The maximum Gasteiger partial charge on any atom is 0.320 e. The van der Waals surface area contributed by atoms with Crippen LogP contribution in [0.1, 0.15) is 69.8 Å². The first-order valence-electron chi connectivity index (χ1n) is 13.2. The zero-order chi connectivity index (χ0) is 24.1. The van der Waals surface area contributed by atoms with Crippen LogP contribution in [0, 0.1) is 18.8 Å². The van der Waals surface area contributed by atoms with Crippen molar-refractivity contribution in [2.75, 3.05) is 32.7 Å². The minimum Gasteiger partial charge on any atom is -0.490 e. The molecular weight excluding hydrogens is 471 g/mol. The quantitative estimate of drug-likeness (QED) is 0.445. The van der Waals surface area contributed by atoms with E-state index >= 15 is 0 Å². The number of nitrogens with zero attached hydrogens (tertiary/aromatic N) is 2. The van der Waals surface area contributed by atoms with E-state index in [9.17, 15) is 9.90 Å². The summed E-state index contributed by atoms with van der Waals surface area (Å²) in [6.45, 7) is 7.01. The van der Waals surface area contributed by atoms with Gasteiger partial charge in [0.2, 0.25) is 0 Å². The Bertz CT molecular complexity index is 814. The highest BCUT2D eigenvalue weighted by atomic mass is 35.5. The summed E-state index contributed by atoms with van der Waals surface area (Å²) in [5, 5.41) is 11.0. The molecule has 190 valence electrons. The molecule has 2 heterocycles. The molecule has 2 saturated heterocycles. The molecule has 1 aliphatic carbocycles. The first-order chi connectivity index (χ1) is 16.4. The largest absolute Gasteiger partial charge is 0.490 e. The molecule has 3 aliphatic rings. The molecule has 0 aromatic heterocycles. The molecule has 1 aromatic carbocycles. The van der Waals surface area contributed by atoms with Gasteiger partial charge in [0, 0.05) is 25.2 Å². The molecule has 0 unspecified atom stereocenters. The van der Waals surface area contributed by atoms with E-state index in [1.807, 2.05) is 13.0 Å². The average Bonchev–Trinajstić information content (AvgIpc) is 2.85. The van der Waals surface area contributed by atoms with Crippen LogP contribution in [0.5, 0.6) is 5.75 Å². The van der Waals surface area contributed by atoms with Crippen molar-refractivity contribution in [3.8, 4) is 5.75 Å². The number of aliphatic carboxylic acids is 1. The summed E-state index contributed by atoms with van der Waals surface area (Å²) in [4.78, 5) is 16.8. The van der Waals surface area contributed by atoms with Gasteiger partial charge in [0.15, 0.2) is 0 Å². The molecule has 0 amide bonds. The summed E-state index contributed by atoms with van der Waals surface area (Å²) in [5.41, 5.74) is 0.909. The van der Waals surface area contributed by atoms with Gasteiger partial charge in [0.25, 0.3) is 0 Å². The summed E-state index contributed by atoms with van der Waals surface area (Å²) in [6, 6.07) is 3.43. The van der Waals surface area contributed by atoms with Gasteiger partial charge in [-0.25, -0.2) is 0 Å². The van der Waals surface area contributed by atoms with Gasteiger partial charge >= 0.3 is 5.97 Å². The summed E-state index contributed by atoms with van der Waals surface area (Å²) in [7, 11) is 0. The number of hydrogen-bond donors (Lipinski definition) is 1.